The molecule has 2 heterocycles. The van der Waals surface area contributed by atoms with Crippen LogP contribution in [0.4, 0.5) is 5.82 Å². The highest BCUT2D eigenvalue weighted by Crippen LogP contribution is 2.35. The lowest BCUT2D eigenvalue weighted by Crippen LogP contribution is -2.00. The Morgan fingerprint density at radius 2 is 1.85 bits per heavy atom. The molecule has 0 saturated carbocycles. The van der Waals surface area contributed by atoms with Crippen molar-refractivity contribution in [3.05, 3.63) is 53.0 Å². The third-order valence-electron chi connectivity index (χ3n) is 4.18. The van der Waals surface area contributed by atoms with Crippen LogP contribution in [0.1, 0.15) is 22.3 Å². The standard InChI is InChI=1S/C20H17N3O3S/c1-3-16-23-17-18(27-16)14-9-8-13(10-15(14)22-19(17)21)26-12-6-4-11(5-7-12)20(24)25-2/h4-10H,3H2,1-2H3,(H2,21,22). The molecule has 2 aromatic heterocycles. The summed E-state index contributed by atoms with van der Waals surface area (Å²) in [6.45, 7) is 2.07. The van der Waals surface area contributed by atoms with Gasteiger partial charge in [0.2, 0.25) is 0 Å². The van der Waals surface area contributed by atoms with Crippen LogP contribution in [0.2, 0.25) is 0 Å². The van der Waals surface area contributed by atoms with Crippen LogP contribution in [0, 0.1) is 0 Å². The van der Waals surface area contributed by atoms with Gasteiger partial charge in [0.05, 0.1) is 27.9 Å². The summed E-state index contributed by atoms with van der Waals surface area (Å²) in [5.41, 5.74) is 8.09. The molecule has 0 spiro atoms. The maximum atomic E-state index is 11.5. The maximum Gasteiger partial charge on any atom is 0.337 e. The second-order valence-corrected chi connectivity index (χ2v) is 7.02. The van der Waals surface area contributed by atoms with Gasteiger partial charge in [0.25, 0.3) is 0 Å². The monoisotopic (exact) mass is 379 g/mol. The Morgan fingerprint density at radius 3 is 2.56 bits per heavy atom. The van der Waals surface area contributed by atoms with E-state index in [2.05, 4.69) is 16.9 Å². The van der Waals surface area contributed by atoms with E-state index in [1.807, 2.05) is 18.2 Å². The zero-order valence-electron chi connectivity index (χ0n) is 14.9. The van der Waals surface area contributed by atoms with Crippen LogP contribution in [-0.4, -0.2) is 23.0 Å². The zero-order chi connectivity index (χ0) is 19.0. The van der Waals surface area contributed by atoms with Crippen molar-refractivity contribution in [1.82, 2.24) is 9.97 Å². The normalized spacial score (nSPS) is 11.0. The molecule has 7 heteroatoms. The number of aromatic nitrogens is 2. The summed E-state index contributed by atoms with van der Waals surface area (Å²) in [6, 6.07) is 12.5. The van der Waals surface area contributed by atoms with Gasteiger partial charge in [-0.1, -0.05) is 6.92 Å². The van der Waals surface area contributed by atoms with Gasteiger partial charge in [-0.3, -0.25) is 0 Å². The first-order valence-electron chi connectivity index (χ1n) is 8.44. The highest BCUT2D eigenvalue weighted by Gasteiger charge is 2.13. The average molecular weight is 379 g/mol. The summed E-state index contributed by atoms with van der Waals surface area (Å²) in [5.74, 6) is 1.29. The number of aryl methyl sites for hydroxylation is 1. The van der Waals surface area contributed by atoms with E-state index in [-0.39, 0.29) is 5.97 Å². The Balaban J connectivity index is 1.69. The Morgan fingerprint density at radius 1 is 1.11 bits per heavy atom. The fraction of sp³-hybridized carbons (Fsp3) is 0.150. The maximum absolute atomic E-state index is 11.5. The predicted molar refractivity (Wildman–Crippen MR) is 107 cm³/mol. The van der Waals surface area contributed by atoms with Crippen molar-refractivity contribution < 1.29 is 14.3 Å². The smallest absolute Gasteiger partial charge is 0.337 e. The number of hydrogen-bond donors (Lipinski definition) is 1. The van der Waals surface area contributed by atoms with Crippen molar-refractivity contribution in [2.24, 2.45) is 0 Å². The highest BCUT2D eigenvalue weighted by molar-refractivity contribution is 7.19. The van der Waals surface area contributed by atoms with Gasteiger partial charge < -0.3 is 15.2 Å². The van der Waals surface area contributed by atoms with E-state index in [1.165, 1.54) is 7.11 Å². The van der Waals surface area contributed by atoms with Gasteiger partial charge in [0, 0.05) is 11.5 Å². The minimum atomic E-state index is -0.382. The zero-order valence-corrected chi connectivity index (χ0v) is 15.7. The lowest BCUT2D eigenvalue weighted by atomic mass is 10.2. The molecule has 27 heavy (non-hydrogen) atoms. The number of methoxy groups -OCH3 is 1. The molecular formula is C20H17N3O3S. The van der Waals surface area contributed by atoms with Crippen LogP contribution in [0.3, 0.4) is 0 Å². The molecule has 4 aromatic rings. The van der Waals surface area contributed by atoms with Crippen LogP contribution < -0.4 is 10.5 Å². The number of pyridine rings is 1. The second-order valence-electron chi connectivity index (χ2n) is 5.93. The molecule has 136 valence electrons. The van der Waals surface area contributed by atoms with Crippen molar-refractivity contribution >= 4 is 44.2 Å². The molecule has 0 saturated heterocycles. The number of rotatable bonds is 4. The molecule has 4 rings (SSSR count). The van der Waals surface area contributed by atoms with Gasteiger partial charge in [-0.2, -0.15) is 0 Å². The number of nitrogens with zero attached hydrogens (tertiary/aromatic N) is 2. The van der Waals surface area contributed by atoms with E-state index >= 15 is 0 Å². The van der Waals surface area contributed by atoms with E-state index < -0.39 is 0 Å². The molecule has 2 N–H and O–H groups in total. The van der Waals surface area contributed by atoms with Crippen LogP contribution >= 0.6 is 11.3 Å². The molecule has 0 unspecified atom stereocenters. The van der Waals surface area contributed by atoms with Gasteiger partial charge in [0.15, 0.2) is 5.82 Å². The van der Waals surface area contributed by atoms with Crippen LogP contribution in [0.5, 0.6) is 11.5 Å². The first-order chi connectivity index (χ1) is 13.1. The van der Waals surface area contributed by atoms with Gasteiger partial charge in [-0.05, 0) is 42.8 Å². The molecular weight excluding hydrogens is 362 g/mol. The summed E-state index contributed by atoms with van der Waals surface area (Å²) in [5, 5.41) is 2.04. The molecule has 0 aliphatic carbocycles. The summed E-state index contributed by atoms with van der Waals surface area (Å²) < 4.78 is 11.6. The largest absolute Gasteiger partial charge is 0.465 e. The Labute approximate surface area is 159 Å². The fourth-order valence-electron chi connectivity index (χ4n) is 2.83. The molecule has 0 aliphatic heterocycles. The number of esters is 1. The number of anilines is 1. The van der Waals surface area contributed by atoms with Crippen molar-refractivity contribution in [2.75, 3.05) is 12.8 Å². The number of carbonyl (C=O) groups is 1. The SMILES string of the molecule is CCc1nc2c(N)nc3cc(Oc4ccc(C(=O)OC)cc4)ccc3c2s1. The Hall–Kier alpha value is -3.19. The average Bonchev–Trinajstić information content (AvgIpc) is 3.13. The van der Waals surface area contributed by atoms with Crippen LogP contribution in [0.25, 0.3) is 21.1 Å². The predicted octanol–water partition coefficient (Wildman–Crippen LogP) is 4.57. The number of benzene rings is 2. The van der Waals surface area contributed by atoms with Gasteiger partial charge in [-0.25, -0.2) is 14.8 Å². The first-order valence-corrected chi connectivity index (χ1v) is 9.25. The lowest BCUT2D eigenvalue weighted by molar-refractivity contribution is 0.0600. The lowest BCUT2D eigenvalue weighted by Gasteiger charge is -2.08. The molecule has 2 aromatic carbocycles. The molecule has 0 aliphatic rings. The third-order valence-corrected chi connectivity index (χ3v) is 5.42. The minimum Gasteiger partial charge on any atom is -0.465 e. The fourth-order valence-corrected chi connectivity index (χ4v) is 3.87. The Kier molecular flexibility index (Phi) is 4.37. The summed E-state index contributed by atoms with van der Waals surface area (Å²) in [6.07, 6.45) is 0.864. The van der Waals surface area contributed by atoms with Crippen LogP contribution in [-0.2, 0) is 11.2 Å². The molecule has 0 fully saturated rings. The highest BCUT2D eigenvalue weighted by atomic mass is 32.1. The van der Waals surface area contributed by atoms with Crippen molar-refractivity contribution in [1.29, 1.82) is 0 Å². The van der Waals surface area contributed by atoms with E-state index in [0.29, 0.717) is 22.9 Å². The topological polar surface area (TPSA) is 87.3 Å². The number of carbonyl (C=O) groups excluding carboxylic acids is 1. The number of thiazole rings is 1. The number of ether oxygens (including phenoxy) is 2. The van der Waals surface area contributed by atoms with Crippen molar-refractivity contribution in [2.45, 2.75) is 13.3 Å². The molecule has 0 radical (unpaired) electrons. The van der Waals surface area contributed by atoms with Gasteiger partial charge >= 0.3 is 5.97 Å². The molecule has 6 nitrogen and oxygen atoms in total. The van der Waals surface area contributed by atoms with Crippen molar-refractivity contribution in [3.8, 4) is 11.5 Å². The number of nitrogens with two attached hydrogens (primary N) is 1. The Bertz CT molecular complexity index is 1150. The third kappa shape index (κ3) is 3.17. The summed E-state index contributed by atoms with van der Waals surface area (Å²) >= 11 is 1.64. The molecule has 0 bridgehead atoms. The second kappa shape index (κ2) is 6.85. The van der Waals surface area contributed by atoms with E-state index in [0.717, 1.165) is 32.5 Å². The molecule has 0 atom stereocenters. The molecule has 0 amide bonds. The number of fused-ring (bicyclic) bond motifs is 3. The van der Waals surface area contributed by atoms with E-state index in [4.69, 9.17) is 15.2 Å². The van der Waals surface area contributed by atoms with E-state index in [9.17, 15) is 4.79 Å². The van der Waals surface area contributed by atoms with Crippen LogP contribution in [0.15, 0.2) is 42.5 Å². The van der Waals surface area contributed by atoms with Gasteiger partial charge in [-0.15, -0.1) is 11.3 Å². The summed E-state index contributed by atoms with van der Waals surface area (Å²) in [4.78, 5) is 20.6. The quantitative estimate of drug-likeness (QED) is 0.523. The number of hydrogen-bond acceptors (Lipinski definition) is 7. The van der Waals surface area contributed by atoms with Gasteiger partial charge in [0.1, 0.15) is 17.0 Å². The first kappa shape index (κ1) is 17.2. The van der Waals surface area contributed by atoms with Crippen molar-refractivity contribution in [3.63, 3.8) is 0 Å². The number of nitrogen functional groups attached to an aromatic ring is 1. The van der Waals surface area contributed by atoms with E-state index in [1.54, 1.807) is 35.6 Å². The minimum absolute atomic E-state index is 0.382. The summed E-state index contributed by atoms with van der Waals surface area (Å²) in [7, 11) is 1.35.